The highest BCUT2D eigenvalue weighted by molar-refractivity contribution is 6.32. The van der Waals surface area contributed by atoms with Gasteiger partial charge in [-0.25, -0.2) is 0 Å². The molecule has 0 radical (unpaired) electrons. The number of rotatable bonds is 7. The normalized spacial score (nSPS) is 16.8. The van der Waals surface area contributed by atoms with Crippen molar-refractivity contribution in [3.63, 3.8) is 0 Å². The summed E-state index contributed by atoms with van der Waals surface area (Å²) in [6.07, 6.45) is 1.65. The molecule has 0 aliphatic carbocycles. The van der Waals surface area contributed by atoms with Crippen LogP contribution in [0.5, 0.6) is 11.5 Å². The SMILES string of the molecule is COc1cc(NC(=O)CCN2CCCC2C(=O)O)c(OC)cc1Cl.Cl. The number of halogens is 2. The molecule has 2 N–H and O–H groups in total. The summed E-state index contributed by atoms with van der Waals surface area (Å²) in [5, 5.41) is 12.3. The number of benzene rings is 1. The number of anilines is 1. The predicted octanol–water partition coefficient (Wildman–Crippen LogP) is 2.66. The number of nitrogens with zero attached hydrogens (tertiary/aromatic N) is 1. The molecule has 0 spiro atoms. The summed E-state index contributed by atoms with van der Waals surface area (Å²) in [6.45, 7) is 1.10. The number of carbonyl (C=O) groups excluding carboxylic acids is 1. The van der Waals surface area contributed by atoms with Crippen LogP contribution in [0.4, 0.5) is 5.69 Å². The van der Waals surface area contributed by atoms with Crippen LogP contribution in [0, 0.1) is 0 Å². The van der Waals surface area contributed by atoms with Gasteiger partial charge < -0.3 is 19.9 Å². The summed E-state index contributed by atoms with van der Waals surface area (Å²) in [5.74, 6) is -0.206. The van der Waals surface area contributed by atoms with Crippen LogP contribution in [0.2, 0.25) is 5.02 Å². The molecule has 2 rings (SSSR count). The third kappa shape index (κ3) is 5.39. The van der Waals surface area contributed by atoms with Gasteiger partial charge in [0, 0.05) is 25.1 Å². The van der Waals surface area contributed by atoms with Gasteiger partial charge >= 0.3 is 5.97 Å². The number of hydrogen-bond acceptors (Lipinski definition) is 5. The number of ether oxygens (including phenoxy) is 2. The van der Waals surface area contributed by atoms with Gasteiger partial charge in [-0.15, -0.1) is 12.4 Å². The first-order valence-corrected chi connectivity index (χ1v) is 8.02. The number of methoxy groups -OCH3 is 2. The first-order valence-electron chi connectivity index (χ1n) is 7.64. The molecule has 1 amide bonds. The number of hydrogen-bond donors (Lipinski definition) is 2. The summed E-state index contributed by atoms with van der Waals surface area (Å²) < 4.78 is 10.3. The Hall–Kier alpha value is -1.70. The van der Waals surface area contributed by atoms with E-state index in [0.29, 0.717) is 41.7 Å². The van der Waals surface area contributed by atoms with Gasteiger partial charge in [0.1, 0.15) is 17.5 Å². The molecule has 1 aliphatic rings. The zero-order valence-corrected chi connectivity index (χ0v) is 15.7. The van der Waals surface area contributed by atoms with E-state index in [1.165, 1.54) is 14.2 Å². The topological polar surface area (TPSA) is 88.1 Å². The summed E-state index contributed by atoms with van der Waals surface area (Å²) in [7, 11) is 2.97. The van der Waals surface area contributed by atoms with E-state index in [1.807, 2.05) is 4.90 Å². The number of carbonyl (C=O) groups is 2. The van der Waals surface area contributed by atoms with E-state index in [2.05, 4.69) is 5.32 Å². The fourth-order valence-electron chi connectivity index (χ4n) is 2.79. The van der Waals surface area contributed by atoms with Gasteiger partial charge in [-0.3, -0.25) is 14.5 Å². The van der Waals surface area contributed by atoms with Crippen molar-refractivity contribution < 1.29 is 24.2 Å². The summed E-state index contributed by atoms with van der Waals surface area (Å²) in [6, 6.07) is 2.66. The van der Waals surface area contributed by atoms with Crippen molar-refractivity contribution in [2.75, 3.05) is 32.6 Å². The van der Waals surface area contributed by atoms with Crippen LogP contribution in [0.15, 0.2) is 12.1 Å². The van der Waals surface area contributed by atoms with E-state index >= 15 is 0 Å². The van der Waals surface area contributed by atoms with Gasteiger partial charge in [0.25, 0.3) is 0 Å². The molecule has 1 unspecified atom stereocenters. The molecule has 1 aromatic carbocycles. The van der Waals surface area contributed by atoms with Crippen LogP contribution in [-0.2, 0) is 9.59 Å². The van der Waals surface area contributed by atoms with Gasteiger partial charge in [-0.05, 0) is 19.4 Å². The van der Waals surface area contributed by atoms with E-state index in [9.17, 15) is 9.59 Å². The van der Waals surface area contributed by atoms with Crippen molar-refractivity contribution in [1.29, 1.82) is 0 Å². The monoisotopic (exact) mass is 392 g/mol. The molecule has 1 heterocycles. The zero-order chi connectivity index (χ0) is 17.7. The molecule has 1 atom stereocenters. The summed E-state index contributed by atoms with van der Waals surface area (Å²) in [5.41, 5.74) is 0.458. The largest absolute Gasteiger partial charge is 0.495 e. The predicted molar refractivity (Wildman–Crippen MR) is 97.3 cm³/mol. The minimum Gasteiger partial charge on any atom is -0.495 e. The molecule has 7 nitrogen and oxygen atoms in total. The minimum absolute atomic E-state index is 0. The highest BCUT2D eigenvalue weighted by Crippen LogP contribution is 2.35. The van der Waals surface area contributed by atoms with Crippen LogP contribution in [-0.4, -0.2) is 55.2 Å². The molecule has 1 aliphatic heterocycles. The smallest absolute Gasteiger partial charge is 0.320 e. The van der Waals surface area contributed by atoms with E-state index in [-0.39, 0.29) is 24.7 Å². The average molecular weight is 393 g/mol. The average Bonchev–Trinajstić information content (AvgIpc) is 3.03. The molecule has 1 fully saturated rings. The highest BCUT2D eigenvalue weighted by atomic mass is 35.5. The van der Waals surface area contributed by atoms with E-state index in [4.69, 9.17) is 26.2 Å². The Morgan fingerprint density at radius 3 is 2.60 bits per heavy atom. The number of carboxylic acids is 1. The van der Waals surface area contributed by atoms with Crippen molar-refractivity contribution in [2.24, 2.45) is 0 Å². The second-order valence-electron chi connectivity index (χ2n) is 5.52. The van der Waals surface area contributed by atoms with Crippen LogP contribution >= 0.6 is 24.0 Å². The van der Waals surface area contributed by atoms with Crippen molar-refractivity contribution >= 4 is 41.6 Å². The van der Waals surface area contributed by atoms with Gasteiger partial charge in [0.15, 0.2) is 0 Å². The van der Waals surface area contributed by atoms with Crippen molar-refractivity contribution in [3.8, 4) is 11.5 Å². The third-order valence-electron chi connectivity index (χ3n) is 4.02. The Morgan fingerprint density at radius 1 is 1.32 bits per heavy atom. The van der Waals surface area contributed by atoms with Gasteiger partial charge in [0.2, 0.25) is 5.91 Å². The number of aliphatic carboxylic acids is 1. The molecule has 1 aromatic rings. The lowest BCUT2D eigenvalue weighted by atomic mass is 10.2. The number of likely N-dealkylation sites (tertiary alicyclic amines) is 1. The van der Waals surface area contributed by atoms with Crippen LogP contribution in [0.1, 0.15) is 19.3 Å². The second-order valence-corrected chi connectivity index (χ2v) is 5.92. The Morgan fingerprint density at radius 2 is 2.00 bits per heavy atom. The Bertz CT molecular complexity index is 627. The van der Waals surface area contributed by atoms with E-state index in [0.717, 1.165) is 6.42 Å². The van der Waals surface area contributed by atoms with E-state index < -0.39 is 12.0 Å². The first-order chi connectivity index (χ1) is 11.5. The number of nitrogens with one attached hydrogen (secondary N) is 1. The van der Waals surface area contributed by atoms with Gasteiger partial charge in [-0.2, -0.15) is 0 Å². The Balaban J connectivity index is 0.00000312. The lowest BCUT2D eigenvalue weighted by Crippen LogP contribution is -2.37. The van der Waals surface area contributed by atoms with Gasteiger partial charge in [0.05, 0.1) is 24.9 Å². The number of amides is 1. The number of carboxylic acid groups (broad SMARTS) is 1. The summed E-state index contributed by atoms with van der Waals surface area (Å²) in [4.78, 5) is 25.2. The molecular weight excluding hydrogens is 371 g/mol. The fourth-order valence-corrected chi connectivity index (χ4v) is 3.02. The molecular formula is C16H22Cl2N2O5. The van der Waals surface area contributed by atoms with Crippen LogP contribution in [0.3, 0.4) is 0 Å². The van der Waals surface area contributed by atoms with Crippen LogP contribution in [0.25, 0.3) is 0 Å². The molecule has 0 aromatic heterocycles. The van der Waals surface area contributed by atoms with Crippen molar-refractivity contribution in [2.45, 2.75) is 25.3 Å². The van der Waals surface area contributed by atoms with Gasteiger partial charge in [-0.1, -0.05) is 11.6 Å². The van der Waals surface area contributed by atoms with E-state index in [1.54, 1.807) is 12.1 Å². The lowest BCUT2D eigenvalue weighted by Gasteiger charge is -2.20. The van der Waals surface area contributed by atoms with Crippen molar-refractivity contribution in [1.82, 2.24) is 4.90 Å². The molecule has 1 saturated heterocycles. The first kappa shape index (κ1) is 21.3. The second kappa shape index (κ2) is 9.70. The third-order valence-corrected chi connectivity index (χ3v) is 4.32. The quantitative estimate of drug-likeness (QED) is 0.741. The Kier molecular flexibility index (Phi) is 8.28. The maximum Gasteiger partial charge on any atom is 0.320 e. The minimum atomic E-state index is -0.836. The molecule has 0 bridgehead atoms. The highest BCUT2D eigenvalue weighted by Gasteiger charge is 2.30. The van der Waals surface area contributed by atoms with Crippen LogP contribution < -0.4 is 14.8 Å². The molecule has 0 saturated carbocycles. The molecule has 9 heteroatoms. The lowest BCUT2D eigenvalue weighted by molar-refractivity contribution is -0.142. The molecule has 140 valence electrons. The fraction of sp³-hybridized carbons (Fsp3) is 0.500. The summed E-state index contributed by atoms with van der Waals surface area (Å²) >= 11 is 6.03. The maximum absolute atomic E-state index is 12.2. The zero-order valence-electron chi connectivity index (χ0n) is 14.1. The van der Waals surface area contributed by atoms with Crippen molar-refractivity contribution in [3.05, 3.63) is 17.2 Å². The standard InChI is InChI=1S/C16H21ClN2O5.ClH/c1-23-13-9-11(14(24-2)8-10(13)17)18-15(20)5-7-19-6-3-4-12(19)16(21)22;/h8-9,12H,3-7H2,1-2H3,(H,18,20)(H,21,22);1H. The maximum atomic E-state index is 12.2. The molecule has 25 heavy (non-hydrogen) atoms. The Labute approximate surface area is 157 Å².